The van der Waals surface area contributed by atoms with Crippen LogP contribution in [-0.2, 0) is 4.79 Å². The zero-order valence-electron chi connectivity index (χ0n) is 11.8. The van der Waals surface area contributed by atoms with E-state index in [-0.39, 0.29) is 11.5 Å². The van der Waals surface area contributed by atoms with E-state index in [0.29, 0.717) is 23.1 Å². The molecule has 1 aromatic carbocycles. The monoisotopic (exact) mass is 273 g/mol. The molecule has 0 spiro atoms. The van der Waals surface area contributed by atoms with Crippen LogP contribution in [0, 0.1) is 6.92 Å². The number of carbonyl (C=O) groups is 1. The van der Waals surface area contributed by atoms with Gasteiger partial charge in [0.2, 0.25) is 5.91 Å². The molecule has 0 atom stereocenters. The lowest BCUT2D eigenvalue weighted by Gasteiger charge is -2.11. The predicted octanol–water partition coefficient (Wildman–Crippen LogP) is 2.36. The summed E-state index contributed by atoms with van der Waals surface area (Å²) in [6.07, 6.45) is 3.32. The Morgan fingerprint density at radius 2 is 2.05 bits per heavy atom. The number of hydrogen-bond acceptors (Lipinski definition) is 3. The van der Waals surface area contributed by atoms with Gasteiger partial charge in [-0.2, -0.15) is 0 Å². The lowest BCUT2D eigenvalue weighted by molar-refractivity contribution is -0.117. The van der Waals surface area contributed by atoms with E-state index in [1.165, 1.54) is 4.68 Å². The van der Waals surface area contributed by atoms with Gasteiger partial charge in [0.15, 0.2) is 0 Å². The van der Waals surface area contributed by atoms with Gasteiger partial charge >= 0.3 is 0 Å². The summed E-state index contributed by atoms with van der Waals surface area (Å²) in [7, 11) is 0. The van der Waals surface area contributed by atoms with Crippen LogP contribution in [0.25, 0.3) is 10.9 Å². The quantitative estimate of drug-likeness (QED) is 0.850. The first-order valence-corrected chi connectivity index (χ1v) is 6.91. The number of amides is 1. The van der Waals surface area contributed by atoms with Crippen molar-refractivity contribution in [1.29, 1.82) is 0 Å². The van der Waals surface area contributed by atoms with Crippen LogP contribution >= 0.6 is 0 Å². The second-order valence-corrected chi connectivity index (χ2v) is 4.81. The van der Waals surface area contributed by atoms with Crippen molar-refractivity contribution in [3.8, 4) is 0 Å². The Hall–Kier alpha value is -2.17. The molecule has 0 unspecified atom stereocenters. The van der Waals surface area contributed by atoms with Gasteiger partial charge in [-0.05, 0) is 25.5 Å². The molecule has 1 amide bonds. The Balaban J connectivity index is 2.26. The fourth-order valence-corrected chi connectivity index (χ4v) is 2.09. The van der Waals surface area contributed by atoms with Crippen LogP contribution in [0.3, 0.4) is 0 Å². The van der Waals surface area contributed by atoms with Crippen LogP contribution in [0.15, 0.2) is 29.1 Å². The van der Waals surface area contributed by atoms with E-state index in [9.17, 15) is 9.59 Å². The van der Waals surface area contributed by atoms with Crippen molar-refractivity contribution in [2.75, 3.05) is 5.43 Å². The Morgan fingerprint density at radius 3 is 2.80 bits per heavy atom. The Bertz CT molecular complexity index is 676. The van der Waals surface area contributed by atoms with Gasteiger partial charge in [0.05, 0.1) is 10.9 Å². The molecule has 0 bridgehead atoms. The lowest BCUT2D eigenvalue weighted by atomic mass is 10.2. The molecule has 0 radical (unpaired) electrons. The minimum atomic E-state index is -0.239. The maximum absolute atomic E-state index is 12.3. The highest BCUT2D eigenvalue weighted by Crippen LogP contribution is 2.06. The van der Waals surface area contributed by atoms with Crippen molar-refractivity contribution in [3.63, 3.8) is 0 Å². The third-order valence-corrected chi connectivity index (χ3v) is 3.19. The van der Waals surface area contributed by atoms with Crippen LogP contribution in [0.2, 0.25) is 0 Å². The van der Waals surface area contributed by atoms with Gasteiger partial charge in [0.25, 0.3) is 5.56 Å². The Labute approximate surface area is 117 Å². The van der Waals surface area contributed by atoms with E-state index < -0.39 is 0 Å². The maximum Gasteiger partial charge on any atom is 0.280 e. The summed E-state index contributed by atoms with van der Waals surface area (Å²) in [4.78, 5) is 28.5. The molecule has 0 aliphatic carbocycles. The van der Waals surface area contributed by atoms with E-state index in [2.05, 4.69) is 17.3 Å². The van der Waals surface area contributed by atoms with Gasteiger partial charge in [-0.15, -0.1) is 0 Å². The number of fused-ring (bicyclic) bond motifs is 1. The number of aromatic nitrogens is 2. The number of nitrogens with one attached hydrogen (secondary N) is 1. The van der Waals surface area contributed by atoms with Gasteiger partial charge in [-0.3, -0.25) is 15.0 Å². The van der Waals surface area contributed by atoms with Gasteiger partial charge in [0.1, 0.15) is 5.82 Å². The van der Waals surface area contributed by atoms with Crippen LogP contribution in [0.5, 0.6) is 0 Å². The molecular formula is C15H19N3O2. The highest BCUT2D eigenvalue weighted by molar-refractivity contribution is 5.84. The number of benzene rings is 1. The molecule has 0 aliphatic heterocycles. The highest BCUT2D eigenvalue weighted by Gasteiger charge is 2.10. The smallest absolute Gasteiger partial charge is 0.273 e. The van der Waals surface area contributed by atoms with E-state index in [1.807, 2.05) is 6.07 Å². The Kier molecular flexibility index (Phi) is 4.50. The fraction of sp³-hybridized carbons (Fsp3) is 0.400. The summed E-state index contributed by atoms with van der Waals surface area (Å²) in [5.41, 5.74) is 3.04. The summed E-state index contributed by atoms with van der Waals surface area (Å²) in [6.45, 7) is 3.79. The maximum atomic E-state index is 12.3. The molecule has 0 saturated heterocycles. The van der Waals surface area contributed by atoms with Crippen molar-refractivity contribution < 1.29 is 4.79 Å². The normalized spacial score (nSPS) is 10.7. The zero-order chi connectivity index (χ0) is 14.5. The first-order chi connectivity index (χ1) is 9.63. The molecule has 1 N–H and O–H groups in total. The molecular weight excluding hydrogens is 254 g/mol. The minimum absolute atomic E-state index is 0.152. The summed E-state index contributed by atoms with van der Waals surface area (Å²) in [6, 6.07) is 7.12. The van der Waals surface area contributed by atoms with E-state index in [4.69, 9.17) is 0 Å². The second kappa shape index (κ2) is 6.32. The summed E-state index contributed by atoms with van der Waals surface area (Å²) < 4.78 is 1.23. The molecule has 1 aromatic heterocycles. The molecule has 2 rings (SSSR count). The summed E-state index contributed by atoms with van der Waals surface area (Å²) >= 11 is 0. The predicted molar refractivity (Wildman–Crippen MR) is 79.2 cm³/mol. The molecule has 0 aliphatic rings. The molecule has 0 fully saturated rings. The van der Waals surface area contributed by atoms with Crippen molar-refractivity contribution in [2.45, 2.75) is 39.5 Å². The molecule has 0 saturated carbocycles. The molecule has 20 heavy (non-hydrogen) atoms. The Morgan fingerprint density at radius 1 is 1.30 bits per heavy atom. The minimum Gasteiger partial charge on any atom is -0.273 e. The number of unbranched alkanes of at least 4 members (excludes halogenated alkanes) is 2. The van der Waals surface area contributed by atoms with Crippen LogP contribution in [0.4, 0.5) is 0 Å². The summed E-state index contributed by atoms with van der Waals surface area (Å²) in [5, 5.41) is 0.506. The lowest BCUT2D eigenvalue weighted by Crippen LogP contribution is -2.35. The van der Waals surface area contributed by atoms with Crippen molar-refractivity contribution in [3.05, 3.63) is 40.4 Å². The average Bonchev–Trinajstić information content (AvgIpc) is 2.44. The van der Waals surface area contributed by atoms with Crippen molar-refractivity contribution >= 4 is 16.8 Å². The number of hydrogen-bond donors (Lipinski definition) is 1. The molecule has 106 valence electrons. The standard InChI is InChI=1S/C15H19N3O2/c1-3-4-5-10-14(19)17-18-11(2)16-13-9-7-6-8-12(13)15(18)20/h6-9H,3-5,10H2,1-2H3,(H,17,19). The van der Waals surface area contributed by atoms with Gasteiger partial charge in [-0.1, -0.05) is 31.9 Å². The molecule has 1 heterocycles. The van der Waals surface area contributed by atoms with Crippen molar-refractivity contribution in [1.82, 2.24) is 9.66 Å². The number of nitrogens with zero attached hydrogens (tertiary/aromatic N) is 2. The SMILES string of the molecule is CCCCCC(=O)Nn1c(C)nc2ccccc2c1=O. The third-order valence-electron chi connectivity index (χ3n) is 3.19. The van der Waals surface area contributed by atoms with Crippen LogP contribution in [0.1, 0.15) is 38.4 Å². The summed E-state index contributed by atoms with van der Waals surface area (Å²) in [5.74, 6) is 0.332. The van der Waals surface area contributed by atoms with E-state index in [0.717, 1.165) is 19.3 Å². The number of rotatable bonds is 5. The van der Waals surface area contributed by atoms with Crippen LogP contribution in [-0.4, -0.2) is 15.6 Å². The van der Waals surface area contributed by atoms with Gasteiger partial charge in [-0.25, -0.2) is 9.66 Å². The third kappa shape index (κ3) is 3.04. The highest BCUT2D eigenvalue weighted by atomic mass is 16.2. The molecule has 5 nitrogen and oxygen atoms in total. The number of para-hydroxylation sites is 1. The fourth-order valence-electron chi connectivity index (χ4n) is 2.09. The second-order valence-electron chi connectivity index (χ2n) is 4.81. The van der Waals surface area contributed by atoms with E-state index >= 15 is 0 Å². The van der Waals surface area contributed by atoms with Crippen LogP contribution < -0.4 is 11.0 Å². The molecule has 2 aromatic rings. The largest absolute Gasteiger partial charge is 0.280 e. The topological polar surface area (TPSA) is 64.0 Å². The first kappa shape index (κ1) is 14.2. The number of carbonyl (C=O) groups excluding carboxylic acids is 1. The number of aryl methyl sites for hydroxylation is 1. The molecule has 5 heteroatoms. The van der Waals surface area contributed by atoms with Gasteiger partial charge in [0, 0.05) is 6.42 Å². The first-order valence-electron chi connectivity index (χ1n) is 6.91. The van der Waals surface area contributed by atoms with E-state index in [1.54, 1.807) is 25.1 Å². The zero-order valence-corrected chi connectivity index (χ0v) is 11.8. The van der Waals surface area contributed by atoms with Crippen molar-refractivity contribution in [2.24, 2.45) is 0 Å². The van der Waals surface area contributed by atoms with Gasteiger partial charge < -0.3 is 0 Å². The average molecular weight is 273 g/mol.